The Balaban J connectivity index is 1.56. The Bertz CT molecular complexity index is 1300. The Morgan fingerprint density at radius 3 is 2.53 bits per heavy atom. The molecule has 0 aliphatic rings. The molecule has 0 fully saturated rings. The Hall–Kier alpha value is -3.61. The van der Waals surface area contributed by atoms with Crippen LogP contribution in [0.25, 0.3) is 17.1 Å². The molecule has 0 spiro atoms. The number of carbonyl (C=O) groups is 1. The normalized spacial score (nSPS) is 10.6. The lowest BCUT2D eigenvalue weighted by molar-refractivity contribution is -0.113. The summed E-state index contributed by atoms with van der Waals surface area (Å²) in [5.41, 5.74) is 3.75. The van der Waals surface area contributed by atoms with Crippen molar-refractivity contribution in [2.45, 2.75) is 23.4 Å². The fourth-order valence-corrected chi connectivity index (χ4v) is 4.71. The van der Waals surface area contributed by atoms with E-state index in [-0.39, 0.29) is 11.7 Å². The van der Waals surface area contributed by atoms with E-state index >= 15 is 0 Å². The third-order valence-electron chi connectivity index (χ3n) is 4.96. The predicted octanol–water partition coefficient (Wildman–Crippen LogP) is 5.24. The van der Waals surface area contributed by atoms with E-state index in [2.05, 4.69) is 45.6 Å². The number of nitriles is 1. The number of nitrogens with zero attached hydrogens (tertiary/aromatic N) is 5. The van der Waals surface area contributed by atoms with Crippen molar-refractivity contribution < 1.29 is 4.79 Å². The Morgan fingerprint density at radius 2 is 1.79 bits per heavy atom. The van der Waals surface area contributed by atoms with Gasteiger partial charge in [0.05, 0.1) is 23.3 Å². The minimum atomic E-state index is -0.156. The summed E-state index contributed by atoms with van der Waals surface area (Å²) in [7, 11) is 0. The van der Waals surface area contributed by atoms with Crippen molar-refractivity contribution in [2.24, 2.45) is 0 Å². The summed E-state index contributed by atoms with van der Waals surface area (Å²) >= 11 is 2.71. The second-order valence-electron chi connectivity index (χ2n) is 7.18. The highest BCUT2D eigenvalue weighted by Gasteiger charge is 2.18. The van der Waals surface area contributed by atoms with E-state index in [0.717, 1.165) is 22.6 Å². The van der Waals surface area contributed by atoms with E-state index in [1.165, 1.54) is 29.1 Å². The molecule has 0 radical (unpaired) electrons. The van der Waals surface area contributed by atoms with Crippen molar-refractivity contribution in [3.8, 4) is 23.1 Å². The number of benzene rings is 2. The molecule has 34 heavy (non-hydrogen) atoms. The highest BCUT2D eigenvalue weighted by Crippen LogP contribution is 2.29. The number of thioether (sulfide) groups is 2. The molecule has 4 rings (SSSR count). The predicted molar refractivity (Wildman–Crippen MR) is 136 cm³/mol. The fraction of sp³-hybridized carbons (Fsp3) is 0.160. The van der Waals surface area contributed by atoms with Gasteiger partial charge in [0, 0.05) is 28.5 Å². The van der Waals surface area contributed by atoms with E-state index in [1.54, 1.807) is 12.4 Å². The van der Waals surface area contributed by atoms with Crippen LogP contribution in [-0.2, 0) is 11.2 Å². The molecular weight excluding hydrogens is 464 g/mol. The fourth-order valence-electron chi connectivity index (χ4n) is 3.29. The second kappa shape index (κ2) is 11.5. The number of hydrogen-bond acceptors (Lipinski definition) is 7. The second-order valence-corrected chi connectivity index (χ2v) is 9.14. The SMILES string of the molecule is CCc1ccc(-n2c(SCC(=O)Nc3ccccc3SCC#N)nnc2-c2ccncc2)cc1. The lowest BCUT2D eigenvalue weighted by Crippen LogP contribution is -2.15. The van der Waals surface area contributed by atoms with Gasteiger partial charge in [0.1, 0.15) is 0 Å². The van der Waals surface area contributed by atoms with Crippen LogP contribution in [0.3, 0.4) is 0 Å². The Kier molecular flexibility index (Phi) is 7.96. The summed E-state index contributed by atoms with van der Waals surface area (Å²) in [5.74, 6) is 1.02. The molecule has 1 amide bonds. The van der Waals surface area contributed by atoms with E-state index in [4.69, 9.17) is 5.26 Å². The van der Waals surface area contributed by atoms with Gasteiger partial charge in [-0.3, -0.25) is 14.3 Å². The first-order valence-electron chi connectivity index (χ1n) is 10.7. The molecule has 2 heterocycles. The number of carbonyl (C=O) groups excluding carboxylic acids is 1. The van der Waals surface area contributed by atoms with Crippen LogP contribution >= 0.6 is 23.5 Å². The molecule has 0 bridgehead atoms. The van der Waals surface area contributed by atoms with Gasteiger partial charge in [-0.1, -0.05) is 43.0 Å². The molecule has 4 aromatic rings. The molecule has 2 aromatic carbocycles. The lowest BCUT2D eigenvalue weighted by Gasteiger charge is -2.12. The first-order chi connectivity index (χ1) is 16.7. The van der Waals surface area contributed by atoms with E-state index in [0.29, 0.717) is 22.4 Å². The Morgan fingerprint density at radius 1 is 1.03 bits per heavy atom. The van der Waals surface area contributed by atoms with Crippen LogP contribution in [0.2, 0.25) is 0 Å². The van der Waals surface area contributed by atoms with Crippen LogP contribution < -0.4 is 5.32 Å². The minimum absolute atomic E-state index is 0.156. The van der Waals surface area contributed by atoms with Gasteiger partial charge in [-0.2, -0.15) is 5.26 Å². The van der Waals surface area contributed by atoms with E-state index in [9.17, 15) is 4.79 Å². The van der Waals surface area contributed by atoms with Gasteiger partial charge in [-0.05, 0) is 48.4 Å². The molecule has 0 saturated heterocycles. The van der Waals surface area contributed by atoms with Gasteiger partial charge in [0.15, 0.2) is 11.0 Å². The molecule has 0 saturated carbocycles. The number of anilines is 1. The number of amides is 1. The van der Waals surface area contributed by atoms with Crippen LogP contribution in [0.4, 0.5) is 5.69 Å². The largest absolute Gasteiger partial charge is 0.324 e. The number of pyridine rings is 1. The maximum atomic E-state index is 12.7. The summed E-state index contributed by atoms with van der Waals surface area (Å²) in [6.07, 6.45) is 4.39. The van der Waals surface area contributed by atoms with E-state index < -0.39 is 0 Å². The third-order valence-corrected chi connectivity index (χ3v) is 6.83. The van der Waals surface area contributed by atoms with Crippen molar-refractivity contribution in [1.29, 1.82) is 5.26 Å². The number of nitrogens with one attached hydrogen (secondary N) is 1. The average Bonchev–Trinajstić information content (AvgIpc) is 3.31. The molecule has 9 heteroatoms. The van der Waals surface area contributed by atoms with Crippen LogP contribution in [0.1, 0.15) is 12.5 Å². The molecular formula is C25H22N6OS2. The van der Waals surface area contributed by atoms with Crippen molar-refractivity contribution in [2.75, 3.05) is 16.8 Å². The number of aromatic nitrogens is 4. The van der Waals surface area contributed by atoms with Gasteiger partial charge in [-0.25, -0.2) is 0 Å². The number of aryl methyl sites for hydroxylation is 1. The summed E-state index contributed by atoms with van der Waals surface area (Å²) in [5, 5.41) is 21.2. The molecule has 2 aromatic heterocycles. The van der Waals surface area contributed by atoms with Crippen molar-refractivity contribution in [1.82, 2.24) is 19.7 Å². The lowest BCUT2D eigenvalue weighted by atomic mass is 10.1. The molecule has 1 N–H and O–H groups in total. The maximum Gasteiger partial charge on any atom is 0.234 e. The minimum Gasteiger partial charge on any atom is -0.324 e. The molecule has 0 aliphatic carbocycles. The van der Waals surface area contributed by atoms with Crippen LogP contribution in [0.15, 0.2) is 83.1 Å². The summed E-state index contributed by atoms with van der Waals surface area (Å²) in [6, 6.07) is 21.6. The first kappa shape index (κ1) is 23.5. The highest BCUT2D eigenvalue weighted by atomic mass is 32.2. The maximum absolute atomic E-state index is 12.7. The topological polar surface area (TPSA) is 96.5 Å². The summed E-state index contributed by atoms with van der Waals surface area (Å²) < 4.78 is 1.96. The Labute approximate surface area is 206 Å². The zero-order chi connectivity index (χ0) is 23.8. The zero-order valence-electron chi connectivity index (χ0n) is 18.5. The first-order valence-corrected chi connectivity index (χ1v) is 12.6. The van der Waals surface area contributed by atoms with Crippen LogP contribution in [0, 0.1) is 11.3 Å². The number of para-hydroxylation sites is 1. The summed E-state index contributed by atoms with van der Waals surface area (Å²) in [6.45, 7) is 2.12. The standard InChI is InChI=1S/C25H22N6OS2/c1-2-18-7-9-20(10-8-18)31-24(19-11-14-27-15-12-19)29-30-25(31)34-17-23(32)28-21-5-3-4-6-22(21)33-16-13-26/h3-12,14-15H,2,16-17H2,1H3,(H,28,32). The molecule has 7 nitrogen and oxygen atoms in total. The van der Waals surface area contributed by atoms with Gasteiger partial charge >= 0.3 is 0 Å². The van der Waals surface area contributed by atoms with Crippen molar-refractivity contribution in [3.63, 3.8) is 0 Å². The zero-order valence-corrected chi connectivity index (χ0v) is 20.1. The number of rotatable bonds is 9. The van der Waals surface area contributed by atoms with Gasteiger partial charge < -0.3 is 5.32 Å². The van der Waals surface area contributed by atoms with Gasteiger partial charge in [0.2, 0.25) is 5.91 Å². The smallest absolute Gasteiger partial charge is 0.234 e. The van der Waals surface area contributed by atoms with Crippen molar-refractivity contribution >= 4 is 35.1 Å². The summed E-state index contributed by atoms with van der Waals surface area (Å²) in [4.78, 5) is 17.7. The van der Waals surface area contributed by atoms with E-state index in [1.807, 2.05) is 53.1 Å². The van der Waals surface area contributed by atoms with Crippen LogP contribution in [-0.4, -0.2) is 37.2 Å². The quantitative estimate of drug-likeness (QED) is 0.323. The van der Waals surface area contributed by atoms with Gasteiger partial charge in [-0.15, -0.1) is 22.0 Å². The average molecular weight is 487 g/mol. The van der Waals surface area contributed by atoms with Gasteiger partial charge in [0.25, 0.3) is 0 Å². The highest BCUT2D eigenvalue weighted by molar-refractivity contribution is 8.00. The van der Waals surface area contributed by atoms with Crippen molar-refractivity contribution in [3.05, 3.63) is 78.6 Å². The molecule has 0 atom stereocenters. The molecule has 0 unspecified atom stereocenters. The monoisotopic (exact) mass is 486 g/mol. The molecule has 170 valence electrons. The third kappa shape index (κ3) is 5.65. The molecule has 0 aliphatic heterocycles. The van der Waals surface area contributed by atoms with Crippen LogP contribution in [0.5, 0.6) is 0 Å². The number of hydrogen-bond donors (Lipinski definition) is 1.